The largest absolute Gasteiger partial charge is 0.361 e. The Hall–Kier alpha value is -1.10. The standard InChI is InChI=1S/C13H14F2N2S/c14-10-4-3-9(11(15)5-10)6-16-13-17-7-12(18-13)8-1-2-8/h3-5,8,12H,1-2,6-7H2,(H,16,17). The van der Waals surface area contributed by atoms with Crippen LogP contribution in [0.25, 0.3) is 0 Å². The molecule has 1 aliphatic carbocycles. The van der Waals surface area contributed by atoms with Gasteiger partial charge in [0.1, 0.15) is 11.6 Å². The molecule has 0 aromatic heterocycles. The molecule has 1 unspecified atom stereocenters. The lowest BCUT2D eigenvalue weighted by Gasteiger charge is -2.08. The van der Waals surface area contributed by atoms with Crippen LogP contribution in [-0.4, -0.2) is 17.0 Å². The van der Waals surface area contributed by atoms with Crippen LogP contribution < -0.4 is 5.32 Å². The highest BCUT2D eigenvalue weighted by Crippen LogP contribution is 2.41. The molecule has 2 aliphatic rings. The summed E-state index contributed by atoms with van der Waals surface area (Å²) < 4.78 is 26.2. The van der Waals surface area contributed by atoms with Gasteiger partial charge < -0.3 is 5.32 Å². The van der Waals surface area contributed by atoms with Gasteiger partial charge in [0.25, 0.3) is 0 Å². The van der Waals surface area contributed by atoms with Gasteiger partial charge in [-0.3, -0.25) is 4.99 Å². The highest BCUT2D eigenvalue weighted by Gasteiger charge is 2.35. The summed E-state index contributed by atoms with van der Waals surface area (Å²) in [5.41, 5.74) is 0.467. The van der Waals surface area contributed by atoms with Crippen molar-refractivity contribution in [2.75, 3.05) is 6.54 Å². The summed E-state index contributed by atoms with van der Waals surface area (Å²) >= 11 is 1.75. The highest BCUT2D eigenvalue weighted by atomic mass is 32.2. The number of hydrogen-bond donors (Lipinski definition) is 1. The molecule has 1 aromatic rings. The van der Waals surface area contributed by atoms with Gasteiger partial charge in [-0.25, -0.2) is 8.78 Å². The van der Waals surface area contributed by atoms with Crippen LogP contribution in [0.2, 0.25) is 0 Å². The molecule has 0 radical (unpaired) electrons. The zero-order valence-electron chi connectivity index (χ0n) is 9.83. The fourth-order valence-electron chi connectivity index (χ4n) is 2.04. The average Bonchev–Trinajstić information content (AvgIpc) is 3.08. The number of aliphatic imine (C=N–C) groups is 1. The minimum atomic E-state index is -0.544. The second kappa shape index (κ2) is 4.88. The maximum atomic E-state index is 13.4. The van der Waals surface area contributed by atoms with Crippen molar-refractivity contribution < 1.29 is 8.78 Å². The van der Waals surface area contributed by atoms with E-state index in [-0.39, 0.29) is 0 Å². The van der Waals surface area contributed by atoms with E-state index in [1.165, 1.54) is 25.0 Å². The van der Waals surface area contributed by atoms with Crippen LogP contribution >= 0.6 is 11.8 Å². The van der Waals surface area contributed by atoms with E-state index >= 15 is 0 Å². The molecule has 0 saturated heterocycles. The van der Waals surface area contributed by atoms with Crippen LogP contribution in [-0.2, 0) is 6.54 Å². The molecule has 0 amide bonds. The van der Waals surface area contributed by atoms with Gasteiger partial charge in [-0.05, 0) is 24.8 Å². The molecular weight excluding hydrogens is 254 g/mol. The van der Waals surface area contributed by atoms with Crippen molar-refractivity contribution in [3.8, 4) is 0 Å². The first-order valence-electron chi connectivity index (χ1n) is 6.11. The Morgan fingerprint density at radius 2 is 2.17 bits per heavy atom. The van der Waals surface area contributed by atoms with E-state index in [4.69, 9.17) is 0 Å². The van der Waals surface area contributed by atoms with Crippen molar-refractivity contribution in [1.29, 1.82) is 0 Å². The minimum absolute atomic E-state index is 0.356. The van der Waals surface area contributed by atoms with Gasteiger partial charge in [0, 0.05) is 23.4 Å². The van der Waals surface area contributed by atoms with Crippen molar-refractivity contribution in [1.82, 2.24) is 5.32 Å². The molecular formula is C13H14F2N2S. The van der Waals surface area contributed by atoms with Gasteiger partial charge in [-0.15, -0.1) is 0 Å². The Labute approximate surface area is 109 Å². The molecule has 18 heavy (non-hydrogen) atoms. The lowest BCUT2D eigenvalue weighted by molar-refractivity contribution is 0.570. The maximum Gasteiger partial charge on any atom is 0.157 e. The van der Waals surface area contributed by atoms with Gasteiger partial charge >= 0.3 is 0 Å². The molecule has 1 heterocycles. The molecule has 2 nitrogen and oxygen atoms in total. The van der Waals surface area contributed by atoms with Gasteiger partial charge in [0.15, 0.2) is 5.17 Å². The summed E-state index contributed by atoms with van der Waals surface area (Å²) in [5, 5.41) is 4.61. The van der Waals surface area contributed by atoms with Crippen molar-refractivity contribution in [3.63, 3.8) is 0 Å². The lowest BCUT2D eigenvalue weighted by Crippen LogP contribution is -2.20. The van der Waals surface area contributed by atoms with Crippen LogP contribution in [0.4, 0.5) is 8.78 Å². The third-order valence-electron chi connectivity index (χ3n) is 3.27. The highest BCUT2D eigenvalue weighted by molar-refractivity contribution is 8.14. The second-order valence-electron chi connectivity index (χ2n) is 4.73. The molecule has 5 heteroatoms. The molecule has 1 N–H and O–H groups in total. The first kappa shape index (κ1) is 12.0. The van der Waals surface area contributed by atoms with Gasteiger partial charge in [0.05, 0.1) is 6.54 Å². The number of hydrogen-bond acceptors (Lipinski definition) is 3. The summed E-state index contributed by atoms with van der Waals surface area (Å²) in [5.74, 6) is -0.233. The minimum Gasteiger partial charge on any atom is -0.361 e. The lowest BCUT2D eigenvalue weighted by atomic mass is 10.2. The molecule has 1 fully saturated rings. The van der Waals surface area contributed by atoms with E-state index in [1.54, 1.807) is 11.8 Å². The number of halogens is 2. The number of nitrogens with one attached hydrogen (secondary N) is 1. The molecule has 0 bridgehead atoms. The summed E-state index contributed by atoms with van der Waals surface area (Å²) in [6, 6.07) is 3.65. The smallest absolute Gasteiger partial charge is 0.157 e. The molecule has 1 saturated carbocycles. The number of benzene rings is 1. The average molecular weight is 268 g/mol. The summed E-state index contributed by atoms with van der Waals surface area (Å²) in [6.07, 6.45) is 2.63. The molecule has 3 rings (SSSR count). The quantitative estimate of drug-likeness (QED) is 0.911. The summed E-state index contributed by atoms with van der Waals surface area (Å²) in [6.45, 7) is 1.22. The van der Waals surface area contributed by atoms with Gasteiger partial charge in [-0.2, -0.15) is 0 Å². The SMILES string of the molecule is Fc1ccc(CNC2=NCC(C3CC3)S2)c(F)c1. The number of nitrogens with zero attached hydrogens (tertiary/aromatic N) is 1. The topological polar surface area (TPSA) is 24.4 Å². The van der Waals surface area contributed by atoms with Crippen LogP contribution in [0.15, 0.2) is 23.2 Å². The fraction of sp³-hybridized carbons (Fsp3) is 0.462. The number of thioether (sulfide) groups is 1. The molecule has 1 aliphatic heterocycles. The third kappa shape index (κ3) is 2.66. The molecule has 96 valence electrons. The van der Waals surface area contributed by atoms with E-state index in [2.05, 4.69) is 10.3 Å². The van der Waals surface area contributed by atoms with E-state index in [9.17, 15) is 8.78 Å². The number of amidine groups is 1. The predicted molar refractivity (Wildman–Crippen MR) is 69.6 cm³/mol. The Bertz CT molecular complexity index is 486. The molecule has 1 aromatic carbocycles. The Balaban J connectivity index is 1.55. The monoisotopic (exact) mass is 268 g/mol. The van der Waals surface area contributed by atoms with Crippen LogP contribution in [0, 0.1) is 17.6 Å². The van der Waals surface area contributed by atoms with Crippen LogP contribution in [0.1, 0.15) is 18.4 Å². The zero-order chi connectivity index (χ0) is 12.5. The summed E-state index contributed by atoms with van der Waals surface area (Å²) in [4.78, 5) is 4.41. The Morgan fingerprint density at radius 3 is 2.89 bits per heavy atom. The Morgan fingerprint density at radius 1 is 1.33 bits per heavy atom. The fourth-order valence-corrected chi connectivity index (χ4v) is 3.24. The second-order valence-corrected chi connectivity index (χ2v) is 5.96. The van der Waals surface area contributed by atoms with Crippen LogP contribution in [0.5, 0.6) is 0 Å². The first-order valence-corrected chi connectivity index (χ1v) is 6.99. The number of rotatable bonds is 3. The van der Waals surface area contributed by atoms with E-state index in [1.807, 2.05) is 0 Å². The predicted octanol–water partition coefficient (Wildman–Crippen LogP) is 2.94. The normalized spacial score (nSPS) is 23.0. The van der Waals surface area contributed by atoms with E-state index in [0.29, 0.717) is 17.4 Å². The third-order valence-corrected chi connectivity index (χ3v) is 4.60. The van der Waals surface area contributed by atoms with Crippen molar-refractivity contribution in [2.45, 2.75) is 24.6 Å². The Kier molecular flexibility index (Phi) is 3.24. The first-order chi connectivity index (χ1) is 8.72. The van der Waals surface area contributed by atoms with E-state index in [0.717, 1.165) is 23.7 Å². The zero-order valence-corrected chi connectivity index (χ0v) is 10.6. The van der Waals surface area contributed by atoms with Crippen LogP contribution in [0.3, 0.4) is 0 Å². The van der Waals surface area contributed by atoms with Crippen molar-refractivity contribution >= 4 is 16.9 Å². The maximum absolute atomic E-state index is 13.4. The molecule has 0 spiro atoms. The van der Waals surface area contributed by atoms with Gasteiger partial charge in [-0.1, -0.05) is 17.8 Å². The van der Waals surface area contributed by atoms with Crippen molar-refractivity contribution in [3.05, 3.63) is 35.4 Å². The van der Waals surface area contributed by atoms with E-state index < -0.39 is 11.6 Å². The van der Waals surface area contributed by atoms with Gasteiger partial charge in [0.2, 0.25) is 0 Å². The van der Waals surface area contributed by atoms with Crippen molar-refractivity contribution in [2.24, 2.45) is 10.9 Å². The summed E-state index contributed by atoms with van der Waals surface area (Å²) in [7, 11) is 0. The molecule has 1 atom stereocenters.